The zero-order chi connectivity index (χ0) is 28.2. The third kappa shape index (κ3) is 5.58. The standard InChI is InChI=1S/C29H24FN5O5/c1-18(36)39-24-9-3-20(17-25(24)40-19(2)37)4-10-26(38)34-16-15-32-35-28(22-11-13-31-14-12-22)27(33-29(34)35)21-5-7-23(30)8-6-21/h3-14,17,32H,15-16H2,1-2H3. The normalized spacial score (nSPS) is 12.5. The minimum absolute atomic E-state index is 0.0564. The third-order valence-electron chi connectivity index (χ3n) is 5.94. The molecule has 4 aromatic rings. The van der Waals surface area contributed by atoms with E-state index in [1.54, 1.807) is 41.3 Å². The van der Waals surface area contributed by atoms with E-state index >= 15 is 0 Å². The molecule has 2 aromatic carbocycles. The Balaban J connectivity index is 1.49. The molecule has 1 amide bonds. The second kappa shape index (κ2) is 11.2. The number of nitrogens with zero attached hydrogens (tertiary/aromatic N) is 4. The van der Waals surface area contributed by atoms with E-state index in [1.807, 2.05) is 12.1 Å². The molecule has 1 N–H and O–H groups in total. The van der Waals surface area contributed by atoms with Gasteiger partial charge in [-0.05, 0) is 60.2 Å². The molecule has 0 radical (unpaired) electrons. The van der Waals surface area contributed by atoms with Crippen molar-refractivity contribution in [1.29, 1.82) is 0 Å². The van der Waals surface area contributed by atoms with Crippen LogP contribution in [0.5, 0.6) is 11.5 Å². The fraction of sp³-hybridized carbons (Fsp3) is 0.138. The van der Waals surface area contributed by atoms with E-state index in [4.69, 9.17) is 14.5 Å². The number of rotatable bonds is 6. The van der Waals surface area contributed by atoms with E-state index in [0.717, 1.165) is 5.56 Å². The van der Waals surface area contributed by atoms with Crippen molar-refractivity contribution in [2.45, 2.75) is 13.8 Å². The van der Waals surface area contributed by atoms with Crippen LogP contribution in [0, 0.1) is 5.82 Å². The van der Waals surface area contributed by atoms with Crippen molar-refractivity contribution in [2.75, 3.05) is 23.4 Å². The van der Waals surface area contributed by atoms with E-state index in [9.17, 15) is 18.8 Å². The van der Waals surface area contributed by atoms with E-state index in [-0.39, 0.29) is 23.2 Å². The summed E-state index contributed by atoms with van der Waals surface area (Å²) in [5.41, 5.74) is 6.62. The highest BCUT2D eigenvalue weighted by Gasteiger charge is 2.29. The molecular weight excluding hydrogens is 517 g/mol. The van der Waals surface area contributed by atoms with Gasteiger partial charge >= 0.3 is 11.9 Å². The molecule has 2 aromatic heterocycles. The number of halogens is 1. The van der Waals surface area contributed by atoms with Crippen LogP contribution in [0.25, 0.3) is 28.6 Å². The Hall–Kier alpha value is -5.32. The largest absolute Gasteiger partial charge is 0.423 e. The molecule has 3 heterocycles. The number of anilines is 1. The fourth-order valence-corrected chi connectivity index (χ4v) is 4.27. The Kier molecular flexibility index (Phi) is 7.36. The molecule has 0 atom stereocenters. The van der Waals surface area contributed by atoms with Crippen molar-refractivity contribution in [3.63, 3.8) is 0 Å². The Morgan fingerprint density at radius 1 is 0.925 bits per heavy atom. The second-order valence-corrected chi connectivity index (χ2v) is 8.81. The van der Waals surface area contributed by atoms with E-state index in [1.165, 1.54) is 49.1 Å². The summed E-state index contributed by atoms with van der Waals surface area (Å²) < 4.78 is 25.7. The van der Waals surface area contributed by atoms with Crippen LogP contribution in [0.3, 0.4) is 0 Å². The van der Waals surface area contributed by atoms with Crippen molar-refractivity contribution in [3.05, 3.63) is 84.4 Å². The van der Waals surface area contributed by atoms with Crippen LogP contribution in [0.15, 0.2) is 73.1 Å². The number of pyridine rings is 1. The van der Waals surface area contributed by atoms with Crippen LogP contribution >= 0.6 is 0 Å². The van der Waals surface area contributed by atoms with Crippen LogP contribution in [0.2, 0.25) is 0 Å². The summed E-state index contributed by atoms with van der Waals surface area (Å²) in [5.74, 6) is -1.33. The fourth-order valence-electron chi connectivity index (χ4n) is 4.27. The number of aromatic nitrogens is 3. The number of carbonyl (C=O) groups excluding carboxylic acids is 3. The molecule has 1 aliphatic rings. The molecule has 11 heteroatoms. The molecule has 0 saturated heterocycles. The maximum Gasteiger partial charge on any atom is 0.308 e. The van der Waals surface area contributed by atoms with Crippen molar-refractivity contribution >= 4 is 29.9 Å². The number of hydrogen-bond donors (Lipinski definition) is 1. The Morgan fingerprint density at radius 2 is 1.62 bits per heavy atom. The average molecular weight is 542 g/mol. The summed E-state index contributed by atoms with van der Waals surface area (Å²) in [4.78, 5) is 46.7. The number of hydrogen-bond acceptors (Lipinski definition) is 8. The first-order valence-corrected chi connectivity index (χ1v) is 12.3. The van der Waals surface area contributed by atoms with Gasteiger partial charge in [-0.15, -0.1) is 0 Å². The van der Waals surface area contributed by atoms with Crippen LogP contribution in [0.4, 0.5) is 10.3 Å². The zero-order valence-corrected chi connectivity index (χ0v) is 21.6. The Bertz CT molecular complexity index is 1620. The van der Waals surface area contributed by atoms with Crippen LogP contribution in [-0.4, -0.2) is 45.6 Å². The number of ether oxygens (including phenoxy) is 2. The maximum absolute atomic E-state index is 13.7. The molecule has 10 nitrogen and oxygen atoms in total. The predicted octanol–water partition coefficient (Wildman–Crippen LogP) is 4.21. The van der Waals surface area contributed by atoms with Gasteiger partial charge in [-0.25, -0.2) is 14.1 Å². The van der Waals surface area contributed by atoms with E-state index in [0.29, 0.717) is 41.6 Å². The average Bonchev–Trinajstić information content (AvgIpc) is 3.33. The summed E-state index contributed by atoms with van der Waals surface area (Å²) in [6.45, 7) is 3.28. The van der Waals surface area contributed by atoms with Gasteiger partial charge in [0.1, 0.15) is 11.5 Å². The van der Waals surface area contributed by atoms with Gasteiger partial charge in [-0.1, -0.05) is 6.07 Å². The first kappa shape index (κ1) is 26.3. The SMILES string of the molecule is CC(=O)Oc1ccc(C=CC(=O)N2CCNn3c2nc(-c2ccc(F)cc2)c3-c2ccncc2)cc1OC(C)=O. The lowest BCUT2D eigenvalue weighted by Crippen LogP contribution is -2.43. The van der Waals surface area contributed by atoms with Gasteiger partial charge in [0, 0.05) is 56.5 Å². The summed E-state index contributed by atoms with van der Waals surface area (Å²) in [5, 5.41) is 0. The lowest BCUT2D eigenvalue weighted by molar-refractivity contribution is -0.134. The molecule has 202 valence electrons. The van der Waals surface area contributed by atoms with E-state index in [2.05, 4.69) is 10.4 Å². The minimum atomic E-state index is -0.583. The molecule has 0 spiro atoms. The number of nitrogens with one attached hydrogen (secondary N) is 1. The van der Waals surface area contributed by atoms with Gasteiger partial charge in [0.15, 0.2) is 11.5 Å². The van der Waals surface area contributed by atoms with Gasteiger partial charge in [0.05, 0.1) is 5.69 Å². The number of fused-ring (bicyclic) bond motifs is 1. The van der Waals surface area contributed by atoms with Crippen LogP contribution < -0.4 is 19.8 Å². The molecule has 0 aliphatic carbocycles. The molecule has 0 unspecified atom stereocenters. The van der Waals surface area contributed by atoms with E-state index < -0.39 is 11.9 Å². The highest BCUT2D eigenvalue weighted by molar-refractivity contribution is 6.04. The maximum atomic E-state index is 13.7. The van der Waals surface area contributed by atoms with Gasteiger partial charge in [-0.3, -0.25) is 24.3 Å². The molecule has 5 rings (SSSR count). The van der Waals surface area contributed by atoms with Gasteiger partial charge in [-0.2, -0.15) is 0 Å². The number of amides is 1. The summed E-state index contributed by atoms with van der Waals surface area (Å²) in [7, 11) is 0. The molecular formula is C29H24FN5O5. The van der Waals surface area contributed by atoms with Crippen molar-refractivity contribution in [1.82, 2.24) is 14.6 Å². The predicted molar refractivity (Wildman–Crippen MR) is 146 cm³/mol. The highest BCUT2D eigenvalue weighted by Crippen LogP contribution is 2.36. The molecule has 0 saturated carbocycles. The molecule has 1 aliphatic heterocycles. The number of esters is 2. The number of benzene rings is 2. The first-order valence-electron chi connectivity index (χ1n) is 12.3. The summed E-state index contributed by atoms with van der Waals surface area (Å²) in [6, 6.07) is 14.3. The van der Waals surface area contributed by atoms with Crippen molar-refractivity contribution in [3.8, 4) is 34.0 Å². The lowest BCUT2D eigenvalue weighted by Gasteiger charge is -2.28. The topological polar surface area (TPSA) is 116 Å². The minimum Gasteiger partial charge on any atom is -0.423 e. The first-order chi connectivity index (χ1) is 19.3. The monoisotopic (exact) mass is 541 g/mol. The zero-order valence-electron chi connectivity index (χ0n) is 21.6. The number of imidazole rings is 1. The van der Waals surface area contributed by atoms with Crippen LogP contribution in [-0.2, 0) is 14.4 Å². The summed E-state index contributed by atoms with van der Waals surface area (Å²) >= 11 is 0. The third-order valence-corrected chi connectivity index (χ3v) is 5.94. The Labute approximate surface area is 228 Å². The lowest BCUT2D eigenvalue weighted by atomic mass is 10.1. The second-order valence-electron chi connectivity index (χ2n) is 8.81. The molecule has 0 fully saturated rings. The van der Waals surface area contributed by atoms with Gasteiger partial charge in [0.2, 0.25) is 5.95 Å². The van der Waals surface area contributed by atoms with Crippen LogP contribution in [0.1, 0.15) is 19.4 Å². The molecule has 40 heavy (non-hydrogen) atoms. The highest BCUT2D eigenvalue weighted by atomic mass is 19.1. The Morgan fingerprint density at radius 3 is 2.33 bits per heavy atom. The summed E-state index contributed by atoms with van der Waals surface area (Å²) in [6.07, 6.45) is 6.27. The van der Waals surface area contributed by atoms with Gasteiger partial charge < -0.3 is 14.9 Å². The van der Waals surface area contributed by atoms with Crippen molar-refractivity contribution < 1.29 is 28.2 Å². The van der Waals surface area contributed by atoms with Crippen molar-refractivity contribution in [2.24, 2.45) is 0 Å². The number of carbonyl (C=O) groups is 3. The van der Waals surface area contributed by atoms with Gasteiger partial charge in [0.25, 0.3) is 5.91 Å². The quantitative estimate of drug-likeness (QED) is 0.219. The molecule has 0 bridgehead atoms. The smallest absolute Gasteiger partial charge is 0.308 e.